The fourth-order valence-corrected chi connectivity index (χ4v) is 3.70. The predicted molar refractivity (Wildman–Crippen MR) is 118 cm³/mol. The smallest absolute Gasteiger partial charge is 0.251 e. The molecule has 148 valence electrons. The first-order chi connectivity index (χ1) is 14.3. The van der Waals surface area contributed by atoms with Gasteiger partial charge in [0.1, 0.15) is 0 Å². The Morgan fingerprint density at radius 2 is 1.34 bits per heavy atom. The van der Waals surface area contributed by atoms with Crippen LogP contribution in [0.25, 0.3) is 0 Å². The molecule has 29 heavy (non-hydrogen) atoms. The van der Waals surface area contributed by atoms with Crippen LogP contribution in [0.2, 0.25) is 0 Å². The van der Waals surface area contributed by atoms with Crippen LogP contribution in [0, 0.1) is 0 Å². The van der Waals surface area contributed by atoms with Gasteiger partial charge in [-0.1, -0.05) is 60.7 Å². The molecule has 0 aliphatic carbocycles. The van der Waals surface area contributed by atoms with Crippen molar-refractivity contribution in [2.24, 2.45) is 0 Å². The van der Waals surface area contributed by atoms with Gasteiger partial charge in [-0.2, -0.15) is 0 Å². The maximum atomic E-state index is 12.2. The van der Waals surface area contributed by atoms with E-state index < -0.39 is 0 Å². The molecule has 0 aromatic heterocycles. The van der Waals surface area contributed by atoms with E-state index in [0.717, 1.165) is 38.3 Å². The van der Waals surface area contributed by atoms with Crippen LogP contribution in [0.5, 0.6) is 0 Å². The van der Waals surface area contributed by atoms with Crippen molar-refractivity contribution in [2.45, 2.75) is 13.1 Å². The lowest BCUT2D eigenvalue weighted by molar-refractivity contribution is 0.0951. The summed E-state index contributed by atoms with van der Waals surface area (Å²) in [6.07, 6.45) is 0. The first-order valence-corrected chi connectivity index (χ1v) is 10.2. The number of carbonyl (C=O) groups is 1. The van der Waals surface area contributed by atoms with Gasteiger partial charge in [-0.05, 0) is 35.4 Å². The lowest BCUT2D eigenvalue weighted by Crippen LogP contribution is -2.45. The Morgan fingerprint density at radius 3 is 2.00 bits per heavy atom. The number of carbonyl (C=O) groups excluding carboxylic acids is 1. The van der Waals surface area contributed by atoms with E-state index in [1.165, 1.54) is 11.3 Å². The zero-order valence-electron chi connectivity index (χ0n) is 16.6. The molecule has 0 radical (unpaired) electrons. The first-order valence-electron chi connectivity index (χ1n) is 10.2. The molecular weight excluding hydrogens is 358 g/mol. The summed E-state index contributed by atoms with van der Waals surface area (Å²) in [6.45, 7) is 5.79. The van der Waals surface area contributed by atoms with Crippen molar-refractivity contribution in [1.82, 2.24) is 10.2 Å². The third kappa shape index (κ3) is 5.24. The highest BCUT2D eigenvalue weighted by Gasteiger charge is 2.17. The van der Waals surface area contributed by atoms with E-state index in [0.29, 0.717) is 12.1 Å². The number of amides is 1. The van der Waals surface area contributed by atoms with Crippen molar-refractivity contribution in [3.63, 3.8) is 0 Å². The van der Waals surface area contributed by atoms with Crippen molar-refractivity contribution < 1.29 is 4.79 Å². The molecule has 1 aliphatic rings. The molecule has 4 rings (SSSR count). The van der Waals surface area contributed by atoms with E-state index in [2.05, 4.69) is 69.7 Å². The zero-order chi connectivity index (χ0) is 19.9. The van der Waals surface area contributed by atoms with Crippen molar-refractivity contribution in [3.05, 3.63) is 102 Å². The van der Waals surface area contributed by atoms with Gasteiger partial charge in [0.2, 0.25) is 0 Å². The molecular formula is C25H27N3O. The highest BCUT2D eigenvalue weighted by atomic mass is 16.1. The van der Waals surface area contributed by atoms with Gasteiger partial charge in [-0.15, -0.1) is 0 Å². The molecule has 0 spiro atoms. The maximum Gasteiger partial charge on any atom is 0.251 e. The van der Waals surface area contributed by atoms with Gasteiger partial charge in [0.25, 0.3) is 5.91 Å². The maximum absolute atomic E-state index is 12.2. The normalized spacial score (nSPS) is 14.6. The van der Waals surface area contributed by atoms with Gasteiger partial charge >= 0.3 is 0 Å². The summed E-state index contributed by atoms with van der Waals surface area (Å²) < 4.78 is 0. The monoisotopic (exact) mass is 385 g/mol. The lowest BCUT2D eigenvalue weighted by atomic mass is 10.1. The average molecular weight is 386 g/mol. The summed E-state index contributed by atoms with van der Waals surface area (Å²) in [5, 5.41) is 2.98. The minimum atomic E-state index is -0.0378. The summed E-state index contributed by atoms with van der Waals surface area (Å²) in [5.74, 6) is -0.0378. The number of piperazine rings is 1. The Labute approximate surface area is 172 Å². The van der Waals surface area contributed by atoms with E-state index in [4.69, 9.17) is 0 Å². The standard InChI is InChI=1S/C25H27N3O/c29-25(23-9-5-2-6-10-23)26-19-21-11-13-24(14-12-21)28-17-15-27(16-18-28)20-22-7-3-1-4-8-22/h1-14H,15-20H2,(H,26,29). The van der Waals surface area contributed by atoms with Gasteiger partial charge in [-0.3, -0.25) is 9.69 Å². The second-order valence-corrected chi connectivity index (χ2v) is 7.46. The number of rotatable bonds is 6. The molecule has 3 aromatic carbocycles. The third-order valence-corrected chi connectivity index (χ3v) is 5.41. The van der Waals surface area contributed by atoms with Crippen molar-refractivity contribution in [1.29, 1.82) is 0 Å². The van der Waals surface area contributed by atoms with E-state index in [9.17, 15) is 4.79 Å². The molecule has 0 bridgehead atoms. The van der Waals surface area contributed by atoms with Crippen LogP contribution in [-0.2, 0) is 13.1 Å². The second kappa shape index (κ2) is 9.39. The van der Waals surface area contributed by atoms with Crippen LogP contribution in [0.15, 0.2) is 84.9 Å². The van der Waals surface area contributed by atoms with E-state index in [-0.39, 0.29) is 5.91 Å². The second-order valence-electron chi connectivity index (χ2n) is 7.46. The Morgan fingerprint density at radius 1 is 0.724 bits per heavy atom. The molecule has 1 N–H and O–H groups in total. The summed E-state index contributed by atoms with van der Waals surface area (Å²) >= 11 is 0. The highest BCUT2D eigenvalue weighted by molar-refractivity contribution is 5.94. The zero-order valence-corrected chi connectivity index (χ0v) is 16.6. The number of nitrogens with one attached hydrogen (secondary N) is 1. The molecule has 4 nitrogen and oxygen atoms in total. The van der Waals surface area contributed by atoms with E-state index in [1.807, 2.05) is 30.3 Å². The molecule has 3 aromatic rings. The van der Waals surface area contributed by atoms with Crippen LogP contribution in [0.4, 0.5) is 5.69 Å². The minimum Gasteiger partial charge on any atom is -0.369 e. The van der Waals surface area contributed by atoms with Gasteiger partial charge in [0.05, 0.1) is 0 Å². The van der Waals surface area contributed by atoms with Gasteiger partial charge < -0.3 is 10.2 Å². The molecule has 1 heterocycles. The van der Waals surface area contributed by atoms with Gasteiger partial charge in [0, 0.05) is 50.5 Å². The van der Waals surface area contributed by atoms with Gasteiger partial charge in [0.15, 0.2) is 0 Å². The molecule has 4 heteroatoms. The summed E-state index contributed by atoms with van der Waals surface area (Å²) in [5.41, 5.74) is 4.43. The highest BCUT2D eigenvalue weighted by Crippen LogP contribution is 2.18. The Hall–Kier alpha value is -3.11. The molecule has 1 amide bonds. The van der Waals surface area contributed by atoms with Crippen molar-refractivity contribution >= 4 is 11.6 Å². The van der Waals surface area contributed by atoms with E-state index in [1.54, 1.807) is 0 Å². The SMILES string of the molecule is O=C(NCc1ccc(N2CCN(Cc3ccccc3)CC2)cc1)c1ccccc1. The third-order valence-electron chi connectivity index (χ3n) is 5.41. The fourth-order valence-electron chi connectivity index (χ4n) is 3.70. The van der Waals surface area contributed by atoms with Crippen LogP contribution < -0.4 is 10.2 Å². The average Bonchev–Trinajstić information content (AvgIpc) is 2.80. The largest absolute Gasteiger partial charge is 0.369 e. The van der Waals surface area contributed by atoms with Crippen LogP contribution >= 0.6 is 0 Å². The number of nitrogens with zero attached hydrogens (tertiary/aromatic N) is 2. The quantitative estimate of drug-likeness (QED) is 0.698. The van der Waals surface area contributed by atoms with Crippen LogP contribution in [0.1, 0.15) is 21.5 Å². The summed E-state index contributed by atoms with van der Waals surface area (Å²) in [6, 6.07) is 28.5. The van der Waals surface area contributed by atoms with Crippen molar-refractivity contribution in [2.75, 3.05) is 31.1 Å². The Balaban J connectivity index is 1.26. The molecule has 0 saturated carbocycles. The molecule has 1 saturated heterocycles. The van der Waals surface area contributed by atoms with Crippen LogP contribution in [-0.4, -0.2) is 37.0 Å². The van der Waals surface area contributed by atoms with Gasteiger partial charge in [-0.25, -0.2) is 0 Å². The molecule has 1 aliphatic heterocycles. The lowest BCUT2D eigenvalue weighted by Gasteiger charge is -2.36. The number of benzene rings is 3. The first kappa shape index (κ1) is 19.2. The molecule has 0 atom stereocenters. The Bertz CT molecular complexity index is 902. The Kier molecular flexibility index (Phi) is 6.22. The molecule has 0 unspecified atom stereocenters. The summed E-state index contributed by atoms with van der Waals surface area (Å²) in [4.78, 5) is 17.1. The van der Waals surface area contributed by atoms with E-state index >= 15 is 0 Å². The number of anilines is 1. The fraction of sp³-hybridized carbons (Fsp3) is 0.240. The number of hydrogen-bond acceptors (Lipinski definition) is 3. The minimum absolute atomic E-state index is 0.0378. The van der Waals surface area contributed by atoms with Crippen LogP contribution in [0.3, 0.4) is 0 Å². The van der Waals surface area contributed by atoms with Crippen molar-refractivity contribution in [3.8, 4) is 0 Å². The topological polar surface area (TPSA) is 35.6 Å². The summed E-state index contributed by atoms with van der Waals surface area (Å²) in [7, 11) is 0. The predicted octanol–water partition coefficient (Wildman–Crippen LogP) is 3.94. The molecule has 1 fully saturated rings. The number of hydrogen-bond donors (Lipinski definition) is 1.